The van der Waals surface area contributed by atoms with E-state index in [4.69, 9.17) is 0 Å². The maximum absolute atomic E-state index is 4.41. The van der Waals surface area contributed by atoms with Gasteiger partial charge in [0.1, 0.15) is 5.82 Å². The van der Waals surface area contributed by atoms with Crippen LogP contribution in [0.2, 0.25) is 0 Å². The molecule has 1 N–H and O–H groups in total. The second-order valence-corrected chi connectivity index (χ2v) is 4.92. The zero-order valence-electron chi connectivity index (χ0n) is 12.0. The average Bonchev–Trinajstić information content (AvgIpc) is 3.02. The first-order chi connectivity index (χ1) is 9.20. The fourth-order valence-corrected chi connectivity index (χ4v) is 2.06. The van der Waals surface area contributed by atoms with E-state index in [1.54, 1.807) is 0 Å². The van der Waals surface area contributed by atoms with Crippen molar-refractivity contribution in [1.82, 2.24) is 24.6 Å². The van der Waals surface area contributed by atoms with Crippen LogP contribution < -0.4 is 5.32 Å². The van der Waals surface area contributed by atoms with Crippen LogP contribution in [0.5, 0.6) is 0 Å². The van der Waals surface area contributed by atoms with Crippen molar-refractivity contribution in [3.63, 3.8) is 0 Å². The third kappa shape index (κ3) is 3.67. The number of imidazole rings is 1. The van der Waals surface area contributed by atoms with Crippen LogP contribution in [0.4, 0.5) is 0 Å². The van der Waals surface area contributed by atoms with Gasteiger partial charge in [0.15, 0.2) is 0 Å². The minimum Gasteiger partial charge on any atom is -0.338 e. The molecule has 5 heteroatoms. The van der Waals surface area contributed by atoms with E-state index in [0.29, 0.717) is 6.04 Å². The summed E-state index contributed by atoms with van der Waals surface area (Å²) in [5, 5.41) is 7.88. The van der Waals surface area contributed by atoms with Gasteiger partial charge in [0, 0.05) is 50.2 Å². The summed E-state index contributed by atoms with van der Waals surface area (Å²) in [7, 11) is 2.02. The van der Waals surface area contributed by atoms with Crippen molar-refractivity contribution in [1.29, 1.82) is 0 Å². The normalized spacial score (nSPS) is 12.8. The Balaban J connectivity index is 1.88. The predicted octanol–water partition coefficient (Wildman–Crippen LogP) is 1.92. The van der Waals surface area contributed by atoms with Crippen molar-refractivity contribution in [2.45, 2.75) is 39.3 Å². The summed E-state index contributed by atoms with van der Waals surface area (Å²) in [6, 6.07) is 0.363. The van der Waals surface area contributed by atoms with Gasteiger partial charge in [0.25, 0.3) is 0 Å². The van der Waals surface area contributed by atoms with Gasteiger partial charge >= 0.3 is 0 Å². The number of rotatable bonds is 7. The van der Waals surface area contributed by atoms with Crippen LogP contribution in [0, 0.1) is 0 Å². The third-order valence-corrected chi connectivity index (χ3v) is 3.34. The summed E-state index contributed by atoms with van der Waals surface area (Å²) < 4.78 is 4.05. The first-order valence-electron chi connectivity index (χ1n) is 6.92. The first-order valence-corrected chi connectivity index (χ1v) is 6.92. The van der Waals surface area contributed by atoms with Crippen LogP contribution in [0.25, 0.3) is 0 Å². The molecule has 0 radical (unpaired) electrons. The summed E-state index contributed by atoms with van der Waals surface area (Å²) in [6.45, 7) is 6.26. The average molecular weight is 261 g/mol. The molecule has 19 heavy (non-hydrogen) atoms. The minimum absolute atomic E-state index is 0.363. The third-order valence-electron chi connectivity index (χ3n) is 3.34. The second-order valence-electron chi connectivity index (χ2n) is 4.92. The van der Waals surface area contributed by atoms with Crippen LogP contribution in [-0.2, 0) is 20.0 Å². The summed E-state index contributed by atoms with van der Waals surface area (Å²) in [5.41, 5.74) is 1.24. The molecule has 0 saturated heterocycles. The lowest BCUT2D eigenvalue weighted by molar-refractivity contribution is 0.565. The van der Waals surface area contributed by atoms with E-state index >= 15 is 0 Å². The van der Waals surface area contributed by atoms with Crippen molar-refractivity contribution in [3.8, 4) is 0 Å². The standard InChI is InChI=1S/C14H23N5/c1-4-6-15-12(2)13-10-17-19(11-13)8-5-14-16-7-9-18(14)3/h7,9-12,15H,4-6,8H2,1-3H3. The highest BCUT2D eigenvalue weighted by atomic mass is 15.3. The molecule has 2 rings (SSSR count). The molecule has 0 aromatic carbocycles. The van der Waals surface area contributed by atoms with Crippen LogP contribution in [0.15, 0.2) is 24.8 Å². The van der Waals surface area contributed by atoms with Crippen molar-refractivity contribution < 1.29 is 0 Å². The number of aromatic nitrogens is 4. The van der Waals surface area contributed by atoms with Gasteiger partial charge in [-0.3, -0.25) is 4.68 Å². The number of aryl methyl sites for hydroxylation is 3. The molecule has 0 aliphatic rings. The molecule has 0 amide bonds. The number of hydrogen-bond donors (Lipinski definition) is 1. The monoisotopic (exact) mass is 261 g/mol. The van der Waals surface area contributed by atoms with Gasteiger partial charge in [-0.05, 0) is 19.9 Å². The van der Waals surface area contributed by atoms with Crippen LogP contribution in [0.3, 0.4) is 0 Å². The molecule has 5 nitrogen and oxygen atoms in total. The van der Waals surface area contributed by atoms with Gasteiger partial charge in [0.2, 0.25) is 0 Å². The molecule has 2 aromatic rings. The molecular formula is C14H23N5. The van der Waals surface area contributed by atoms with Gasteiger partial charge < -0.3 is 9.88 Å². The highest BCUT2D eigenvalue weighted by molar-refractivity contribution is 5.09. The van der Waals surface area contributed by atoms with Crippen molar-refractivity contribution in [2.75, 3.05) is 6.54 Å². The van der Waals surface area contributed by atoms with Crippen molar-refractivity contribution >= 4 is 0 Å². The molecule has 0 bridgehead atoms. The van der Waals surface area contributed by atoms with E-state index in [0.717, 1.165) is 31.8 Å². The number of hydrogen-bond acceptors (Lipinski definition) is 3. The van der Waals surface area contributed by atoms with E-state index < -0.39 is 0 Å². The fraction of sp³-hybridized carbons (Fsp3) is 0.571. The Morgan fingerprint density at radius 1 is 1.42 bits per heavy atom. The Hall–Kier alpha value is -1.62. The Morgan fingerprint density at radius 2 is 2.26 bits per heavy atom. The minimum atomic E-state index is 0.363. The maximum atomic E-state index is 4.41. The smallest absolute Gasteiger partial charge is 0.110 e. The summed E-state index contributed by atoms with van der Waals surface area (Å²) >= 11 is 0. The molecule has 0 spiro atoms. The Labute approximate surface area is 114 Å². The topological polar surface area (TPSA) is 47.7 Å². The lowest BCUT2D eigenvalue weighted by Gasteiger charge is -2.10. The van der Waals surface area contributed by atoms with Gasteiger partial charge in [-0.1, -0.05) is 6.92 Å². The number of nitrogens with one attached hydrogen (secondary N) is 1. The summed E-state index contributed by atoms with van der Waals surface area (Å²) in [4.78, 5) is 4.32. The Bertz CT molecular complexity index is 499. The molecule has 0 fully saturated rings. The van der Waals surface area contributed by atoms with Crippen LogP contribution >= 0.6 is 0 Å². The lowest BCUT2D eigenvalue weighted by atomic mass is 10.2. The summed E-state index contributed by atoms with van der Waals surface area (Å²) in [6.07, 6.45) is 9.93. The van der Waals surface area contributed by atoms with Crippen molar-refractivity contribution in [3.05, 3.63) is 36.2 Å². The second kappa shape index (κ2) is 6.52. The first kappa shape index (κ1) is 13.8. The predicted molar refractivity (Wildman–Crippen MR) is 75.8 cm³/mol. The SMILES string of the molecule is CCCNC(C)c1cnn(CCc2nccn2C)c1. The van der Waals surface area contributed by atoms with Gasteiger partial charge in [-0.15, -0.1) is 0 Å². The molecule has 0 aliphatic heterocycles. The Morgan fingerprint density at radius 3 is 2.95 bits per heavy atom. The zero-order valence-corrected chi connectivity index (χ0v) is 12.0. The molecule has 1 unspecified atom stereocenters. The van der Waals surface area contributed by atoms with E-state index in [2.05, 4.69) is 40.0 Å². The van der Waals surface area contributed by atoms with E-state index in [1.807, 2.05) is 30.3 Å². The molecule has 2 heterocycles. The van der Waals surface area contributed by atoms with E-state index in [1.165, 1.54) is 5.56 Å². The number of nitrogens with zero attached hydrogens (tertiary/aromatic N) is 4. The molecule has 104 valence electrons. The molecular weight excluding hydrogens is 238 g/mol. The zero-order chi connectivity index (χ0) is 13.7. The fourth-order valence-electron chi connectivity index (χ4n) is 2.06. The largest absolute Gasteiger partial charge is 0.338 e. The van der Waals surface area contributed by atoms with Crippen LogP contribution in [-0.4, -0.2) is 25.9 Å². The van der Waals surface area contributed by atoms with Crippen LogP contribution in [0.1, 0.15) is 37.7 Å². The molecule has 0 saturated carbocycles. The Kier molecular flexibility index (Phi) is 4.74. The van der Waals surface area contributed by atoms with E-state index in [-0.39, 0.29) is 0 Å². The maximum Gasteiger partial charge on any atom is 0.110 e. The quantitative estimate of drug-likeness (QED) is 0.828. The van der Waals surface area contributed by atoms with E-state index in [9.17, 15) is 0 Å². The van der Waals surface area contributed by atoms with Gasteiger partial charge in [-0.25, -0.2) is 4.98 Å². The van der Waals surface area contributed by atoms with Crippen molar-refractivity contribution in [2.24, 2.45) is 7.05 Å². The highest BCUT2D eigenvalue weighted by Gasteiger charge is 2.07. The van der Waals surface area contributed by atoms with Gasteiger partial charge in [0.05, 0.1) is 6.20 Å². The highest BCUT2D eigenvalue weighted by Crippen LogP contribution is 2.11. The lowest BCUT2D eigenvalue weighted by Crippen LogP contribution is -2.18. The van der Waals surface area contributed by atoms with Gasteiger partial charge in [-0.2, -0.15) is 5.10 Å². The molecule has 1 atom stereocenters. The molecule has 0 aliphatic carbocycles. The molecule has 2 aromatic heterocycles. The summed E-state index contributed by atoms with van der Waals surface area (Å²) in [5.74, 6) is 1.09.